The molecule has 0 spiro atoms. The average molecular weight is 231 g/mol. The van der Waals surface area contributed by atoms with E-state index in [1.165, 1.54) is 12.1 Å². The minimum atomic E-state index is -0.667. The van der Waals surface area contributed by atoms with E-state index in [0.29, 0.717) is 5.39 Å². The van der Waals surface area contributed by atoms with Crippen molar-refractivity contribution in [2.45, 2.75) is 0 Å². The van der Waals surface area contributed by atoms with Gasteiger partial charge >= 0.3 is 5.63 Å². The van der Waals surface area contributed by atoms with Gasteiger partial charge in [0.15, 0.2) is 5.58 Å². The Kier molecular flexibility index (Phi) is 2.13. The van der Waals surface area contributed by atoms with E-state index >= 15 is 0 Å². The summed E-state index contributed by atoms with van der Waals surface area (Å²) >= 11 is 11.5. The van der Waals surface area contributed by atoms with Gasteiger partial charge in [0.1, 0.15) is 10.8 Å². The molecule has 1 heterocycles. The molecule has 0 saturated carbocycles. The van der Waals surface area contributed by atoms with E-state index in [2.05, 4.69) is 0 Å². The molecule has 5 heteroatoms. The standard InChI is InChI=1S/C9H4Cl2O3/c10-5-2-1-4-6(12)3-7(13)14-9(4)8(5)11/h1-3,12H. The average Bonchev–Trinajstić information content (AvgIpc) is 2.12. The summed E-state index contributed by atoms with van der Waals surface area (Å²) in [6, 6.07) is 4.03. The van der Waals surface area contributed by atoms with Gasteiger partial charge in [-0.1, -0.05) is 23.2 Å². The Hall–Kier alpha value is -1.19. The maximum atomic E-state index is 10.9. The second-order valence-electron chi connectivity index (χ2n) is 2.69. The van der Waals surface area contributed by atoms with Gasteiger partial charge in [-0.25, -0.2) is 4.79 Å². The highest BCUT2D eigenvalue weighted by molar-refractivity contribution is 6.44. The molecule has 0 unspecified atom stereocenters. The predicted octanol–water partition coefficient (Wildman–Crippen LogP) is 2.81. The Morgan fingerprint density at radius 1 is 1.29 bits per heavy atom. The lowest BCUT2D eigenvalue weighted by molar-refractivity contribution is 0.468. The van der Waals surface area contributed by atoms with Crippen LogP contribution in [0.2, 0.25) is 10.0 Å². The van der Waals surface area contributed by atoms with Gasteiger partial charge in [-0.2, -0.15) is 0 Å². The molecule has 0 radical (unpaired) electrons. The predicted molar refractivity (Wildman–Crippen MR) is 54.2 cm³/mol. The van der Waals surface area contributed by atoms with E-state index < -0.39 is 5.63 Å². The van der Waals surface area contributed by atoms with Crippen molar-refractivity contribution in [3.63, 3.8) is 0 Å². The molecular formula is C9H4Cl2O3. The molecule has 0 saturated heterocycles. The molecule has 14 heavy (non-hydrogen) atoms. The third kappa shape index (κ3) is 1.35. The SMILES string of the molecule is O=c1cc(O)c2ccc(Cl)c(Cl)c2o1. The Morgan fingerprint density at radius 3 is 2.71 bits per heavy atom. The first-order chi connectivity index (χ1) is 6.59. The summed E-state index contributed by atoms with van der Waals surface area (Å²) in [5, 5.41) is 10.2. The summed E-state index contributed by atoms with van der Waals surface area (Å²) in [4.78, 5) is 10.9. The molecule has 0 aliphatic rings. The van der Waals surface area contributed by atoms with Gasteiger partial charge in [-0.3, -0.25) is 0 Å². The highest BCUT2D eigenvalue weighted by Gasteiger charge is 2.10. The normalized spacial score (nSPS) is 10.7. The van der Waals surface area contributed by atoms with E-state index in [-0.39, 0.29) is 21.4 Å². The first kappa shape index (κ1) is 9.37. The Balaban J connectivity index is 3.02. The Morgan fingerprint density at radius 2 is 2.00 bits per heavy atom. The van der Waals surface area contributed by atoms with E-state index in [4.69, 9.17) is 27.6 Å². The molecule has 0 bridgehead atoms. The maximum absolute atomic E-state index is 10.9. The lowest BCUT2D eigenvalue weighted by Crippen LogP contribution is -1.95. The molecule has 0 aliphatic heterocycles. The summed E-state index contributed by atoms with van der Waals surface area (Å²) in [5.74, 6) is -0.171. The number of aromatic hydroxyl groups is 1. The Bertz CT molecular complexity index is 560. The van der Waals surface area contributed by atoms with Crippen molar-refractivity contribution in [2.24, 2.45) is 0 Å². The number of halogens is 2. The molecule has 3 nitrogen and oxygen atoms in total. The van der Waals surface area contributed by atoms with Crippen LogP contribution in [0.3, 0.4) is 0 Å². The zero-order chi connectivity index (χ0) is 10.3. The van der Waals surface area contributed by atoms with E-state index in [9.17, 15) is 9.90 Å². The fourth-order valence-electron chi connectivity index (χ4n) is 1.15. The van der Waals surface area contributed by atoms with Crippen molar-refractivity contribution >= 4 is 34.2 Å². The fraction of sp³-hybridized carbons (Fsp3) is 0. The minimum Gasteiger partial charge on any atom is -0.507 e. The molecular weight excluding hydrogens is 227 g/mol. The summed E-state index contributed by atoms with van der Waals surface area (Å²) in [6.07, 6.45) is 0. The fourth-order valence-corrected chi connectivity index (χ4v) is 1.51. The molecule has 1 aromatic carbocycles. The van der Waals surface area contributed by atoms with Gasteiger partial charge in [0.05, 0.1) is 16.5 Å². The van der Waals surface area contributed by atoms with Crippen LogP contribution >= 0.6 is 23.2 Å². The second-order valence-corrected chi connectivity index (χ2v) is 3.47. The molecule has 2 aromatic rings. The lowest BCUT2D eigenvalue weighted by Gasteiger charge is -2.01. The highest BCUT2D eigenvalue weighted by Crippen LogP contribution is 2.33. The van der Waals surface area contributed by atoms with Gasteiger partial charge in [-0.15, -0.1) is 0 Å². The van der Waals surface area contributed by atoms with Gasteiger partial charge < -0.3 is 9.52 Å². The third-order valence-corrected chi connectivity index (χ3v) is 2.57. The molecule has 2 rings (SSSR count). The maximum Gasteiger partial charge on any atom is 0.339 e. The number of benzene rings is 1. The number of rotatable bonds is 0. The molecule has 1 N–H and O–H groups in total. The number of hydrogen-bond donors (Lipinski definition) is 1. The van der Waals surface area contributed by atoms with Crippen LogP contribution < -0.4 is 5.63 Å². The Labute approximate surface area is 88.5 Å². The quantitative estimate of drug-likeness (QED) is 0.709. The monoisotopic (exact) mass is 230 g/mol. The van der Waals surface area contributed by atoms with Crippen LogP contribution in [-0.4, -0.2) is 5.11 Å². The zero-order valence-electron chi connectivity index (χ0n) is 6.75. The van der Waals surface area contributed by atoms with Gasteiger partial charge in [-0.05, 0) is 12.1 Å². The van der Waals surface area contributed by atoms with E-state index in [0.717, 1.165) is 6.07 Å². The molecule has 0 amide bonds. The summed E-state index contributed by atoms with van der Waals surface area (Å²) in [5.41, 5.74) is -0.566. The summed E-state index contributed by atoms with van der Waals surface area (Å²) in [7, 11) is 0. The number of fused-ring (bicyclic) bond motifs is 1. The van der Waals surface area contributed by atoms with Crippen LogP contribution in [0.1, 0.15) is 0 Å². The topological polar surface area (TPSA) is 50.4 Å². The van der Waals surface area contributed by atoms with Gasteiger partial charge in [0.25, 0.3) is 0 Å². The van der Waals surface area contributed by atoms with Crippen LogP contribution in [-0.2, 0) is 0 Å². The highest BCUT2D eigenvalue weighted by atomic mass is 35.5. The molecule has 0 fully saturated rings. The van der Waals surface area contributed by atoms with Crippen LogP contribution in [0.4, 0.5) is 0 Å². The van der Waals surface area contributed by atoms with Gasteiger partial charge in [0.2, 0.25) is 0 Å². The van der Waals surface area contributed by atoms with Crippen molar-refractivity contribution in [3.8, 4) is 5.75 Å². The molecule has 0 atom stereocenters. The van der Waals surface area contributed by atoms with Crippen molar-refractivity contribution in [1.82, 2.24) is 0 Å². The largest absolute Gasteiger partial charge is 0.507 e. The second kappa shape index (κ2) is 3.19. The van der Waals surface area contributed by atoms with E-state index in [1.54, 1.807) is 0 Å². The third-order valence-electron chi connectivity index (χ3n) is 1.78. The summed E-state index contributed by atoms with van der Waals surface area (Å²) < 4.78 is 4.82. The van der Waals surface area contributed by atoms with Crippen molar-refractivity contribution < 1.29 is 9.52 Å². The first-order valence-corrected chi connectivity index (χ1v) is 4.46. The van der Waals surface area contributed by atoms with Crippen LogP contribution in [0.25, 0.3) is 11.0 Å². The van der Waals surface area contributed by atoms with Crippen molar-refractivity contribution in [2.75, 3.05) is 0 Å². The van der Waals surface area contributed by atoms with Gasteiger partial charge in [0, 0.05) is 0 Å². The first-order valence-electron chi connectivity index (χ1n) is 3.70. The molecule has 72 valence electrons. The lowest BCUT2D eigenvalue weighted by atomic mass is 10.2. The van der Waals surface area contributed by atoms with Crippen molar-refractivity contribution in [1.29, 1.82) is 0 Å². The van der Waals surface area contributed by atoms with E-state index in [1.807, 2.05) is 0 Å². The zero-order valence-corrected chi connectivity index (χ0v) is 8.26. The smallest absolute Gasteiger partial charge is 0.339 e. The van der Waals surface area contributed by atoms with Crippen LogP contribution in [0.5, 0.6) is 5.75 Å². The van der Waals surface area contributed by atoms with Crippen molar-refractivity contribution in [3.05, 3.63) is 38.7 Å². The molecule has 0 aliphatic carbocycles. The van der Waals surface area contributed by atoms with Crippen LogP contribution in [0.15, 0.2) is 27.4 Å². The minimum absolute atomic E-state index is 0.101. The summed E-state index contributed by atoms with van der Waals surface area (Å²) in [6.45, 7) is 0. The molecule has 1 aromatic heterocycles. The number of hydrogen-bond acceptors (Lipinski definition) is 3. The van der Waals surface area contributed by atoms with Crippen LogP contribution in [0, 0.1) is 0 Å².